The first-order valence-corrected chi connectivity index (χ1v) is 7.90. The number of aryl methyl sites for hydroxylation is 1. The van der Waals surface area contributed by atoms with Crippen molar-refractivity contribution in [3.63, 3.8) is 0 Å². The normalized spacial score (nSPS) is 10.9. The van der Waals surface area contributed by atoms with E-state index in [9.17, 15) is 8.42 Å². The summed E-state index contributed by atoms with van der Waals surface area (Å²) in [6.07, 6.45) is 1.22. The lowest BCUT2D eigenvalue weighted by molar-refractivity contribution is 0.602. The van der Waals surface area contributed by atoms with Crippen molar-refractivity contribution in [2.75, 3.05) is 6.26 Å². The Kier molecular flexibility index (Phi) is 5.34. The van der Waals surface area contributed by atoms with Crippen LogP contribution in [-0.4, -0.2) is 14.7 Å². The van der Waals surface area contributed by atoms with Gasteiger partial charge in [0.05, 0.1) is 4.90 Å². The molecule has 108 valence electrons. The molecule has 2 aromatic rings. The molecule has 0 saturated heterocycles. The lowest BCUT2D eigenvalue weighted by atomic mass is 10.0. The van der Waals surface area contributed by atoms with E-state index in [0.29, 0.717) is 11.4 Å². The van der Waals surface area contributed by atoms with Gasteiger partial charge < -0.3 is 5.73 Å². The maximum atomic E-state index is 11.6. The minimum absolute atomic E-state index is 0. The summed E-state index contributed by atoms with van der Waals surface area (Å²) in [5.74, 6) is 0. The Hall–Kier alpha value is -1.36. The third-order valence-electron chi connectivity index (χ3n) is 2.97. The third-order valence-corrected chi connectivity index (χ3v) is 4.08. The van der Waals surface area contributed by atoms with Gasteiger partial charge in [0, 0.05) is 12.8 Å². The highest BCUT2D eigenvalue weighted by molar-refractivity contribution is 7.90. The largest absolute Gasteiger partial charge is 0.326 e. The smallest absolute Gasteiger partial charge is 0.175 e. The molecule has 0 aromatic heterocycles. The van der Waals surface area contributed by atoms with E-state index in [1.54, 1.807) is 18.2 Å². The molecule has 0 amide bonds. The highest BCUT2D eigenvalue weighted by Gasteiger charge is 2.08. The number of nitrogens with two attached hydrogens (primary N) is 1. The predicted molar refractivity (Wildman–Crippen MR) is 84.9 cm³/mol. The van der Waals surface area contributed by atoms with Crippen molar-refractivity contribution in [3.05, 3.63) is 53.6 Å². The maximum Gasteiger partial charge on any atom is 0.175 e. The average Bonchev–Trinajstić information content (AvgIpc) is 2.37. The molecule has 0 spiro atoms. The molecular formula is C15H18ClNO2S. The highest BCUT2D eigenvalue weighted by atomic mass is 35.5. The van der Waals surface area contributed by atoms with Crippen LogP contribution in [0.4, 0.5) is 0 Å². The highest BCUT2D eigenvalue weighted by Crippen LogP contribution is 2.24. The molecule has 2 aromatic carbocycles. The van der Waals surface area contributed by atoms with Crippen LogP contribution < -0.4 is 5.73 Å². The average molecular weight is 312 g/mol. The van der Waals surface area contributed by atoms with Crippen LogP contribution in [0.3, 0.4) is 0 Å². The van der Waals surface area contributed by atoms with Gasteiger partial charge in [0.2, 0.25) is 0 Å². The molecule has 2 rings (SSSR count). The molecule has 2 N–H and O–H groups in total. The number of rotatable bonds is 3. The summed E-state index contributed by atoms with van der Waals surface area (Å²) < 4.78 is 23.2. The lowest BCUT2D eigenvalue weighted by Crippen LogP contribution is -1.98. The molecule has 20 heavy (non-hydrogen) atoms. The predicted octanol–water partition coefficient (Wildman–Crippen LogP) is 2.95. The van der Waals surface area contributed by atoms with Crippen LogP contribution >= 0.6 is 12.4 Å². The van der Waals surface area contributed by atoms with Gasteiger partial charge in [0.25, 0.3) is 0 Å². The van der Waals surface area contributed by atoms with Gasteiger partial charge in [-0.2, -0.15) is 0 Å². The zero-order valence-corrected chi connectivity index (χ0v) is 13.1. The van der Waals surface area contributed by atoms with Crippen molar-refractivity contribution in [2.24, 2.45) is 5.73 Å². The zero-order chi connectivity index (χ0) is 14.0. The molecule has 0 aliphatic carbocycles. The Morgan fingerprint density at radius 2 is 1.75 bits per heavy atom. The Bertz CT molecular complexity index is 712. The van der Waals surface area contributed by atoms with E-state index in [0.717, 1.165) is 22.3 Å². The Morgan fingerprint density at radius 3 is 2.35 bits per heavy atom. The SMILES string of the molecule is Cc1cc(CN)cc(-c2cccc(S(C)(=O)=O)c2)c1.Cl. The number of halogens is 1. The van der Waals surface area contributed by atoms with Crippen molar-refractivity contribution in [3.8, 4) is 11.1 Å². The van der Waals surface area contributed by atoms with Gasteiger partial charge in [-0.15, -0.1) is 12.4 Å². The first kappa shape index (κ1) is 16.7. The second kappa shape index (κ2) is 6.39. The van der Waals surface area contributed by atoms with Gasteiger partial charge in [0.1, 0.15) is 0 Å². The van der Waals surface area contributed by atoms with Crippen LogP contribution in [0, 0.1) is 6.92 Å². The van der Waals surface area contributed by atoms with Crippen LogP contribution in [0.1, 0.15) is 11.1 Å². The van der Waals surface area contributed by atoms with E-state index in [1.165, 1.54) is 6.26 Å². The molecule has 5 heteroatoms. The fraction of sp³-hybridized carbons (Fsp3) is 0.200. The van der Waals surface area contributed by atoms with Gasteiger partial charge in [-0.05, 0) is 41.8 Å². The van der Waals surface area contributed by atoms with E-state index >= 15 is 0 Å². The second-order valence-electron chi connectivity index (χ2n) is 4.71. The van der Waals surface area contributed by atoms with Gasteiger partial charge >= 0.3 is 0 Å². The number of hydrogen-bond acceptors (Lipinski definition) is 3. The molecule has 3 nitrogen and oxygen atoms in total. The maximum absolute atomic E-state index is 11.6. The molecule has 0 bridgehead atoms. The third kappa shape index (κ3) is 3.82. The molecule has 0 aliphatic rings. The number of hydrogen-bond donors (Lipinski definition) is 1. The molecule has 0 unspecified atom stereocenters. The van der Waals surface area contributed by atoms with Crippen LogP contribution in [0.25, 0.3) is 11.1 Å². The monoisotopic (exact) mass is 311 g/mol. The summed E-state index contributed by atoms with van der Waals surface area (Å²) in [5.41, 5.74) is 9.71. The summed E-state index contributed by atoms with van der Waals surface area (Å²) in [4.78, 5) is 0.334. The first-order chi connectivity index (χ1) is 8.90. The van der Waals surface area contributed by atoms with E-state index in [-0.39, 0.29) is 12.4 Å². The summed E-state index contributed by atoms with van der Waals surface area (Å²) in [5, 5.41) is 0. The van der Waals surface area contributed by atoms with E-state index in [1.807, 2.05) is 31.2 Å². The minimum atomic E-state index is -3.18. The number of sulfone groups is 1. The lowest BCUT2D eigenvalue weighted by Gasteiger charge is -2.08. The van der Waals surface area contributed by atoms with E-state index < -0.39 is 9.84 Å². The fourth-order valence-electron chi connectivity index (χ4n) is 2.05. The van der Waals surface area contributed by atoms with Gasteiger partial charge in [-0.25, -0.2) is 8.42 Å². The Balaban J connectivity index is 0.00000200. The van der Waals surface area contributed by atoms with Crippen LogP contribution in [-0.2, 0) is 16.4 Å². The number of benzene rings is 2. The summed E-state index contributed by atoms with van der Waals surface area (Å²) in [6, 6.07) is 13.0. The molecule has 0 heterocycles. The standard InChI is InChI=1S/C15H17NO2S.ClH/c1-11-6-12(10-16)8-14(7-11)13-4-3-5-15(9-13)19(2,17)18;/h3-9H,10,16H2,1-2H3;1H. The van der Waals surface area contributed by atoms with Crippen molar-refractivity contribution >= 4 is 22.2 Å². The minimum Gasteiger partial charge on any atom is -0.326 e. The first-order valence-electron chi connectivity index (χ1n) is 6.01. The van der Waals surface area contributed by atoms with Gasteiger partial charge in [-0.1, -0.05) is 29.8 Å². The molecule has 0 aliphatic heterocycles. The molecular weight excluding hydrogens is 294 g/mol. The Labute approximate surface area is 126 Å². The zero-order valence-electron chi connectivity index (χ0n) is 11.5. The van der Waals surface area contributed by atoms with Gasteiger partial charge in [0.15, 0.2) is 9.84 Å². The molecule has 0 radical (unpaired) electrons. The van der Waals surface area contributed by atoms with Gasteiger partial charge in [-0.3, -0.25) is 0 Å². The Morgan fingerprint density at radius 1 is 1.05 bits per heavy atom. The quantitative estimate of drug-likeness (QED) is 0.948. The fourth-order valence-corrected chi connectivity index (χ4v) is 2.72. The van der Waals surface area contributed by atoms with E-state index in [2.05, 4.69) is 0 Å². The van der Waals surface area contributed by atoms with E-state index in [4.69, 9.17) is 5.73 Å². The van der Waals surface area contributed by atoms with Crippen molar-refractivity contribution < 1.29 is 8.42 Å². The summed E-state index contributed by atoms with van der Waals surface area (Å²) in [6.45, 7) is 2.48. The molecule has 0 saturated carbocycles. The van der Waals surface area contributed by atoms with Crippen LogP contribution in [0.2, 0.25) is 0 Å². The summed E-state index contributed by atoms with van der Waals surface area (Å²) >= 11 is 0. The van der Waals surface area contributed by atoms with Crippen LogP contribution in [0.5, 0.6) is 0 Å². The van der Waals surface area contributed by atoms with Crippen LogP contribution in [0.15, 0.2) is 47.4 Å². The molecule has 0 fully saturated rings. The van der Waals surface area contributed by atoms with Crippen molar-refractivity contribution in [2.45, 2.75) is 18.4 Å². The topological polar surface area (TPSA) is 60.2 Å². The second-order valence-corrected chi connectivity index (χ2v) is 6.73. The van der Waals surface area contributed by atoms with Crippen molar-refractivity contribution in [1.82, 2.24) is 0 Å². The summed E-state index contributed by atoms with van der Waals surface area (Å²) in [7, 11) is -3.18. The van der Waals surface area contributed by atoms with Crippen molar-refractivity contribution in [1.29, 1.82) is 0 Å². The molecule has 0 atom stereocenters.